The molecule has 0 atom stereocenters. The number of hydrogen-bond acceptors (Lipinski definition) is 5. The summed E-state index contributed by atoms with van der Waals surface area (Å²) in [6, 6.07) is 9.25. The number of nitrogens with one attached hydrogen (secondary N) is 2. The smallest absolute Gasteiger partial charge is 0.416 e. The number of carbonyl (C=O) groups excluding carboxylic acids is 1. The minimum Gasteiger partial charge on any atom is -0.501 e. The maximum Gasteiger partial charge on any atom is 0.416 e. The summed E-state index contributed by atoms with van der Waals surface area (Å²) in [5, 5.41) is 12.2. The van der Waals surface area contributed by atoms with Crippen LogP contribution in [0.2, 0.25) is 0 Å². The van der Waals surface area contributed by atoms with Crippen LogP contribution in [0.15, 0.2) is 53.5 Å². The lowest BCUT2D eigenvalue weighted by molar-refractivity contribution is -0.137. The number of H-pyrrole nitrogens is 1. The van der Waals surface area contributed by atoms with Crippen LogP contribution in [0.25, 0.3) is 11.5 Å². The highest BCUT2D eigenvalue weighted by Gasteiger charge is 2.30. The largest absolute Gasteiger partial charge is 0.501 e. The lowest BCUT2D eigenvalue weighted by Gasteiger charge is -2.10. The van der Waals surface area contributed by atoms with E-state index in [1.165, 1.54) is 18.3 Å². The molecule has 3 aromatic rings. The van der Waals surface area contributed by atoms with Gasteiger partial charge in [-0.15, -0.1) is 0 Å². The first-order valence-electron chi connectivity index (χ1n) is 7.94. The van der Waals surface area contributed by atoms with E-state index in [0.717, 1.165) is 12.1 Å². The average Bonchev–Trinajstić information content (AvgIpc) is 2.68. The van der Waals surface area contributed by atoms with Gasteiger partial charge in [-0.25, -0.2) is 4.98 Å². The van der Waals surface area contributed by atoms with E-state index in [9.17, 15) is 27.9 Å². The Morgan fingerprint density at radius 1 is 1.18 bits per heavy atom. The topological polar surface area (TPSA) is 108 Å². The van der Waals surface area contributed by atoms with Crippen LogP contribution >= 0.6 is 0 Å². The number of hydrogen-bond donors (Lipinski definition) is 3. The molecule has 0 radical (unpaired) electrons. The second-order valence-electron chi connectivity index (χ2n) is 5.71. The summed E-state index contributed by atoms with van der Waals surface area (Å²) in [5.41, 5.74) is -1.89. The second kappa shape index (κ2) is 7.51. The molecule has 0 spiro atoms. The number of carbonyl (C=O) groups is 1. The van der Waals surface area contributed by atoms with E-state index in [-0.39, 0.29) is 23.6 Å². The van der Waals surface area contributed by atoms with Crippen molar-refractivity contribution in [2.45, 2.75) is 12.7 Å². The molecule has 0 saturated heterocycles. The lowest BCUT2D eigenvalue weighted by Crippen LogP contribution is -2.26. The van der Waals surface area contributed by atoms with Crippen molar-refractivity contribution < 1.29 is 23.1 Å². The molecule has 144 valence electrons. The number of alkyl halides is 3. The lowest BCUT2D eigenvalue weighted by atomic mass is 10.1. The van der Waals surface area contributed by atoms with Crippen molar-refractivity contribution >= 4 is 5.91 Å². The number of pyridine rings is 1. The van der Waals surface area contributed by atoms with Gasteiger partial charge >= 0.3 is 6.18 Å². The monoisotopic (exact) mass is 390 g/mol. The number of halogens is 3. The van der Waals surface area contributed by atoms with Crippen LogP contribution in [-0.2, 0) is 12.7 Å². The minimum atomic E-state index is -4.51. The highest BCUT2D eigenvalue weighted by molar-refractivity contribution is 5.95. The number of aromatic nitrogens is 3. The molecular formula is C18H13F3N4O3. The van der Waals surface area contributed by atoms with Gasteiger partial charge in [-0.05, 0) is 29.8 Å². The highest BCUT2D eigenvalue weighted by atomic mass is 19.4. The van der Waals surface area contributed by atoms with Crippen molar-refractivity contribution in [2.24, 2.45) is 0 Å². The van der Waals surface area contributed by atoms with Crippen molar-refractivity contribution in [1.82, 2.24) is 20.3 Å². The Bertz CT molecular complexity index is 1070. The molecule has 10 heteroatoms. The highest BCUT2D eigenvalue weighted by Crippen LogP contribution is 2.29. The fourth-order valence-electron chi connectivity index (χ4n) is 2.37. The summed E-state index contributed by atoms with van der Waals surface area (Å²) >= 11 is 0. The van der Waals surface area contributed by atoms with Gasteiger partial charge in [0.25, 0.3) is 11.5 Å². The number of rotatable bonds is 4. The summed E-state index contributed by atoms with van der Waals surface area (Å²) < 4.78 is 38.3. The Balaban J connectivity index is 1.83. The van der Waals surface area contributed by atoms with E-state index in [1.54, 1.807) is 18.2 Å². The molecule has 0 aliphatic heterocycles. The fraction of sp³-hybridized carbons (Fsp3) is 0.111. The summed E-state index contributed by atoms with van der Waals surface area (Å²) in [6.45, 7) is -0.254. The van der Waals surface area contributed by atoms with Gasteiger partial charge in [0.15, 0.2) is 11.5 Å². The molecule has 0 unspecified atom stereocenters. The van der Waals surface area contributed by atoms with E-state index >= 15 is 0 Å². The first-order chi connectivity index (χ1) is 13.3. The van der Waals surface area contributed by atoms with Crippen LogP contribution in [-0.4, -0.2) is 26.0 Å². The zero-order valence-electron chi connectivity index (χ0n) is 14.1. The molecule has 2 aromatic heterocycles. The van der Waals surface area contributed by atoms with Crippen molar-refractivity contribution in [3.05, 3.63) is 75.8 Å². The van der Waals surface area contributed by atoms with Gasteiger partial charge in [-0.2, -0.15) is 13.2 Å². The minimum absolute atomic E-state index is 0.0346. The molecule has 7 nitrogen and oxygen atoms in total. The van der Waals surface area contributed by atoms with Gasteiger partial charge < -0.3 is 15.4 Å². The number of nitrogens with zero attached hydrogens (tertiary/aromatic N) is 2. The predicted octanol–water partition coefficient (Wildman–Crippen LogP) is 2.49. The van der Waals surface area contributed by atoms with Crippen molar-refractivity contribution in [2.75, 3.05) is 0 Å². The molecule has 1 amide bonds. The van der Waals surface area contributed by atoms with Crippen LogP contribution < -0.4 is 10.9 Å². The summed E-state index contributed by atoms with van der Waals surface area (Å²) in [5.74, 6) is -1.85. The molecule has 0 aliphatic rings. The molecule has 3 N–H and O–H groups in total. The van der Waals surface area contributed by atoms with Gasteiger partial charge in [0.2, 0.25) is 5.75 Å². The van der Waals surface area contributed by atoms with Gasteiger partial charge in [0.1, 0.15) is 5.69 Å². The molecule has 2 heterocycles. The van der Waals surface area contributed by atoms with Crippen LogP contribution in [0.1, 0.15) is 21.6 Å². The summed E-state index contributed by atoms with van der Waals surface area (Å²) in [4.78, 5) is 34.4. The maximum absolute atomic E-state index is 12.8. The Kier molecular flexibility index (Phi) is 5.12. The quantitative estimate of drug-likeness (QED) is 0.634. The third kappa shape index (κ3) is 4.17. The zero-order chi connectivity index (χ0) is 20.3. The molecular weight excluding hydrogens is 377 g/mol. The number of aromatic hydroxyl groups is 1. The van der Waals surface area contributed by atoms with E-state index < -0.39 is 34.6 Å². The fourth-order valence-corrected chi connectivity index (χ4v) is 2.37. The van der Waals surface area contributed by atoms with E-state index in [2.05, 4.69) is 20.3 Å². The van der Waals surface area contributed by atoms with Crippen LogP contribution in [0.4, 0.5) is 13.2 Å². The Labute approximate surface area is 155 Å². The molecule has 28 heavy (non-hydrogen) atoms. The molecule has 0 saturated carbocycles. The maximum atomic E-state index is 12.8. The van der Waals surface area contributed by atoms with E-state index in [1.807, 2.05) is 0 Å². The van der Waals surface area contributed by atoms with Crippen LogP contribution in [0.5, 0.6) is 5.75 Å². The van der Waals surface area contributed by atoms with Gasteiger partial charge in [-0.3, -0.25) is 14.6 Å². The number of aromatic amines is 1. The Morgan fingerprint density at radius 3 is 2.64 bits per heavy atom. The van der Waals surface area contributed by atoms with E-state index in [0.29, 0.717) is 0 Å². The molecule has 1 aromatic carbocycles. The normalized spacial score (nSPS) is 11.2. The third-order valence-electron chi connectivity index (χ3n) is 3.72. The van der Waals surface area contributed by atoms with Gasteiger partial charge in [0, 0.05) is 12.7 Å². The third-order valence-corrected chi connectivity index (χ3v) is 3.72. The average molecular weight is 390 g/mol. The van der Waals surface area contributed by atoms with Crippen LogP contribution in [0, 0.1) is 0 Å². The molecule has 0 bridgehead atoms. The Hall–Kier alpha value is -3.69. The first kappa shape index (κ1) is 19.1. The summed E-state index contributed by atoms with van der Waals surface area (Å²) in [7, 11) is 0. The first-order valence-corrected chi connectivity index (χ1v) is 7.94. The van der Waals surface area contributed by atoms with E-state index in [4.69, 9.17) is 0 Å². The predicted molar refractivity (Wildman–Crippen MR) is 92.4 cm³/mol. The van der Waals surface area contributed by atoms with Crippen molar-refractivity contribution in [1.29, 1.82) is 0 Å². The van der Waals surface area contributed by atoms with Crippen molar-refractivity contribution in [3.63, 3.8) is 0 Å². The molecule has 0 aliphatic carbocycles. The standard InChI is InChI=1S/C18H13F3N4O3/c19-18(20,21)11-5-3-4-10(8-11)9-23-16(27)13-14(26)17(28)25-15(24-13)12-6-1-2-7-22-12/h1-8,26H,9H2,(H,23,27)(H,24,25,28). The Morgan fingerprint density at radius 2 is 1.96 bits per heavy atom. The zero-order valence-corrected chi connectivity index (χ0v) is 14.1. The van der Waals surface area contributed by atoms with Gasteiger partial charge in [0.05, 0.1) is 5.56 Å². The second-order valence-corrected chi connectivity index (χ2v) is 5.71. The number of amides is 1. The van der Waals surface area contributed by atoms with Gasteiger partial charge in [-0.1, -0.05) is 18.2 Å². The summed E-state index contributed by atoms with van der Waals surface area (Å²) in [6.07, 6.45) is -3.06. The number of benzene rings is 1. The molecule has 3 rings (SSSR count). The van der Waals surface area contributed by atoms with Crippen LogP contribution in [0.3, 0.4) is 0 Å². The van der Waals surface area contributed by atoms with Crippen molar-refractivity contribution in [3.8, 4) is 17.3 Å². The SMILES string of the molecule is O=C(NCc1cccc(C(F)(F)F)c1)c1nc(-c2ccccn2)[nH]c(=O)c1O. The molecule has 0 fully saturated rings.